The lowest BCUT2D eigenvalue weighted by molar-refractivity contribution is -0.130. The van der Waals surface area contributed by atoms with Gasteiger partial charge in [0.05, 0.1) is 6.61 Å². The molecule has 17 heavy (non-hydrogen) atoms. The number of carbonyl (C=O) groups is 1. The van der Waals surface area contributed by atoms with Gasteiger partial charge in [0.15, 0.2) is 0 Å². The van der Waals surface area contributed by atoms with Gasteiger partial charge in [0.2, 0.25) is 5.91 Å². The summed E-state index contributed by atoms with van der Waals surface area (Å²) in [6.45, 7) is 5.76. The molecule has 2 fully saturated rings. The molecule has 0 aromatic heterocycles. The lowest BCUT2D eigenvalue weighted by Crippen LogP contribution is -2.43. The summed E-state index contributed by atoms with van der Waals surface area (Å²) in [6, 6.07) is 0.528. The highest BCUT2D eigenvalue weighted by atomic mass is 16.3. The first-order chi connectivity index (χ1) is 8.20. The first-order valence-corrected chi connectivity index (χ1v) is 6.81. The van der Waals surface area contributed by atoms with E-state index < -0.39 is 0 Å². The number of aliphatic hydroxyl groups excluding tert-OH is 1. The van der Waals surface area contributed by atoms with Crippen molar-refractivity contribution in [2.24, 2.45) is 5.92 Å². The van der Waals surface area contributed by atoms with Crippen LogP contribution in [0.2, 0.25) is 0 Å². The Morgan fingerprint density at radius 2 is 2.18 bits per heavy atom. The summed E-state index contributed by atoms with van der Waals surface area (Å²) in [5.74, 6) is 0.826. The van der Waals surface area contributed by atoms with Gasteiger partial charge < -0.3 is 14.9 Å². The molecule has 2 rings (SSSR count). The van der Waals surface area contributed by atoms with E-state index in [2.05, 4.69) is 9.80 Å². The van der Waals surface area contributed by atoms with Gasteiger partial charge in [-0.3, -0.25) is 4.79 Å². The van der Waals surface area contributed by atoms with Crippen LogP contribution in [0.4, 0.5) is 0 Å². The van der Waals surface area contributed by atoms with Gasteiger partial charge in [-0.05, 0) is 38.1 Å². The zero-order valence-electron chi connectivity index (χ0n) is 10.8. The summed E-state index contributed by atoms with van der Waals surface area (Å²) < 4.78 is 0. The Morgan fingerprint density at radius 3 is 2.76 bits per heavy atom. The quantitative estimate of drug-likeness (QED) is 0.769. The summed E-state index contributed by atoms with van der Waals surface area (Å²) in [6.07, 6.45) is 4.79. The maximum absolute atomic E-state index is 11.6. The minimum atomic E-state index is 0.229. The van der Waals surface area contributed by atoms with E-state index in [4.69, 9.17) is 5.11 Å². The summed E-state index contributed by atoms with van der Waals surface area (Å²) in [5.41, 5.74) is 0. The van der Waals surface area contributed by atoms with Crippen molar-refractivity contribution < 1.29 is 9.90 Å². The fourth-order valence-corrected chi connectivity index (χ4v) is 2.84. The fraction of sp³-hybridized carbons (Fsp3) is 0.923. The van der Waals surface area contributed by atoms with E-state index in [0.717, 1.165) is 26.2 Å². The molecule has 0 spiro atoms. The van der Waals surface area contributed by atoms with Crippen LogP contribution in [0.3, 0.4) is 0 Å². The zero-order valence-corrected chi connectivity index (χ0v) is 10.8. The number of nitrogens with zero attached hydrogens (tertiary/aromatic N) is 2. The van der Waals surface area contributed by atoms with Crippen LogP contribution in [0.5, 0.6) is 0 Å². The normalized spacial score (nSPS) is 25.9. The second-order valence-electron chi connectivity index (χ2n) is 5.44. The van der Waals surface area contributed by atoms with Crippen LogP contribution in [-0.2, 0) is 4.79 Å². The van der Waals surface area contributed by atoms with Gasteiger partial charge in [0.25, 0.3) is 0 Å². The van der Waals surface area contributed by atoms with E-state index in [1.54, 1.807) is 6.92 Å². The maximum atomic E-state index is 11.6. The van der Waals surface area contributed by atoms with Crippen molar-refractivity contribution in [2.75, 3.05) is 32.8 Å². The van der Waals surface area contributed by atoms with Crippen molar-refractivity contribution in [1.29, 1.82) is 0 Å². The predicted molar refractivity (Wildman–Crippen MR) is 66.7 cm³/mol. The number of rotatable bonds is 5. The molecule has 1 N–H and O–H groups in total. The third kappa shape index (κ3) is 3.68. The monoisotopic (exact) mass is 240 g/mol. The molecule has 0 radical (unpaired) electrons. The van der Waals surface area contributed by atoms with Crippen LogP contribution in [0, 0.1) is 5.92 Å². The molecule has 98 valence electrons. The minimum Gasteiger partial charge on any atom is -0.395 e. The molecule has 0 aromatic carbocycles. The summed E-state index contributed by atoms with van der Waals surface area (Å²) in [7, 11) is 0. The second kappa shape index (κ2) is 5.83. The standard InChI is InChI=1S/C13H24N2O2/c1-11(17)15(13-4-5-13)10-12-3-2-6-14(9-12)7-8-16/h12-13,16H,2-10H2,1H3/t12-/m1/s1. The highest BCUT2D eigenvalue weighted by Crippen LogP contribution is 2.29. The molecule has 0 bridgehead atoms. The van der Waals surface area contributed by atoms with Gasteiger partial charge in [0, 0.05) is 32.6 Å². The molecular weight excluding hydrogens is 216 g/mol. The Labute approximate surface area is 104 Å². The van der Waals surface area contributed by atoms with Crippen LogP contribution in [0.25, 0.3) is 0 Å². The lowest BCUT2D eigenvalue weighted by Gasteiger charge is -2.35. The Balaban J connectivity index is 1.82. The molecule has 1 heterocycles. The number of aliphatic hydroxyl groups is 1. The number of amides is 1. The van der Waals surface area contributed by atoms with E-state index in [1.165, 1.54) is 25.7 Å². The number of piperidine rings is 1. The van der Waals surface area contributed by atoms with E-state index in [1.807, 2.05) is 0 Å². The van der Waals surface area contributed by atoms with Gasteiger partial charge in [-0.15, -0.1) is 0 Å². The van der Waals surface area contributed by atoms with Crippen molar-refractivity contribution >= 4 is 5.91 Å². The van der Waals surface area contributed by atoms with Gasteiger partial charge in [-0.2, -0.15) is 0 Å². The van der Waals surface area contributed by atoms with E-state index in [9.17, 15) is 4.79 Å². The molecule has 0 unspecified atom stereocenters. The van der Waals surface area contributed by atoms with E-state index in [0.29, 0.717) is 12.0 Å². The molecule has 1 aliphatic carbocycles. The highest BCUT2D eigenvalue weighted by molar-refractivity contribution is 5.74. The SMILES string of the molecule is CC(=O)N(C[C@@H]1CCCN(CCO)C1)C1CC1. The van der Waals surface area contributed by atoms with Crippen LogP contribution >= 0.6 is 0 Å². The number of carbonyl (C=O) groups excluding carboxylic acids is 1. The summed E-state index contributed by atoms with van der Waals surface area (Å²) >= 11 is 0. The molecule has 4 heteroatoms. The average molecular weight is 240 g/mol. The van der Waals surface area contributed by atoms with Gasteiger partial charge in [-0.25, -0.2) is 0 Å². The van der Waals surface area contributed by atoms with Gasteiger partial charge in [-0.1, -0.05) is 0 Å². The molecule has 0 aromatic rings. The van der Waals surface area contributed by atoms with Crippen LogP contribution in [0.15, 0.2) is 0 Å². The number of hydrogen-bond donors (Lipinski definition) is 1. The topological polar surface area (TPSA) is 43.8 Å². The third-order valence-electron chi connectivity index (χ3n) is 3.87. The first kappa shape index (κ1) is 12.8. The van der Waals surface area contributed by atoms with Crippen molar-refractivity contribution in [3.8, 4) is 0 Å². The van der Waals surface area contributed by atoms with Gasteiger partial charge in [0.1, 0.15) is 0 Å². The number of likely N-dealkylation sites (tertiary alicyclic amines) is 1. The highest BCUT2D eigenvalue weighted by Gasteiger charge is 2.33. The van der Waals surface area contributed by atoms with Crippen molar-refractivity contribution in [3.05, 3.63) is 0 Å². The molecule has 1 aliphatic heterocycles. The van der Waals surface area contributed by atoms with Crippen LogP contribution in [-0.4, -0.2) is 59.6 Å². The molecule has 2 aliphatic rings. The molecular formula is C13H24N2O2. The van der Waals surface area contributed by atoms with E-state index >= 15 is 0 Å². The maximum Gasteiger partial charge on any atom is 0.219 e. The van der Waals surface area contributed by atoms with Crippen LogP contribution in [0.1, 0.15) is 32.6 Å². The third-order valence-corrected chi connectivity index (χ3v) is 3.87. The molecule has 1 atom stereocenters. The molecule has 1 amide bonds. The van der Waals surface area contributed by atoms with Crippen LogP contribution < -0.4 is 0 Å². The Morgan fingerprint density at radius 1 is 1.41 bits per heavy atom. The van der Waals surface area contributed by atoms with Crippen molar-refractivity contribution in [1.82, 2.24) is 9.80 Å². The number of hydrogen-bond acceptors (Lipinski definition) is 3. The Kier molecular flexibility index (Phi) is 4.40. The van der Waals surface area contributed by atoms with Gasteiger partial charge >= 0.3 is 0 Å². The average Bonchev–Trinajstić information content (AvgIpc) is 3.10. The zero-order chi connectivity index (χ0) is 12.3. The smallest absolute Gasteiger partial charge is 0.219 e. The Bertz CT molecular complexity index is 264. The molecule has 4 nitrogen and oxygen atoms in total. The fourth-order valence-electron chi connectivity index (χ4n) is 2.84. The summed E-state index contributed by atoms with van der Waals surface area (Å²) in [4.78, 5) is 16.0. The largest absolute Gasteiger partial charge is 0.395 e. The number of β-amino-alcohol motifs (C(OH)–C–C–N with tert-alkyl or cyclic N) is 1. The molecule has 1 saturated heterocycles. The first-order valence-electron chi connectivity index (χ1n) is 6.81. The summed E-state index contributed by atoms with van der Waals surface area (Å²) in [5, 5.41) is 8.97. The van der Waals surface area contributed by atoms with E-state index in [-0.39, 0.29) is 12.5 Å². The van der Waals surface area contributed by atoms with Crippen molar-refractivity contribution in [3.63, 3.8) is 0 Å². The lowest BCUT2D eigenvalue weighted by atomic mass is 9.97. The van der Waals surface area contributed by atoms with Crippen molar-refractivity contribution in [2.45, 2.75) is 38.6 Å². The second-order valence-corrected chi connectivity index (χ2v) is 5.44. The molecule has 1 saturated carbocycles. The minimum absolute atomic E-state index is 0.229. The predicted octanol–water partition coefficient (Wildman–Crippen LogP) is 0.702. The Hall–Kier alpha value is -0.610.